The minimum atomic E-state index is -1.25. The van der Waals surface area contributed by atoms with Gasteiger partial charge in [0.2, 0.25) is 23.1 Å². The maximum Gasteiger partial charge on any atom is 0.237 e. The molecule has 0 aliphatic rings. The zero-order valence-electron chi connectivity index (χ0n) is 27.7. The highest BCUT2D eigenvalue weighted by Gasteiger charge is 2.45. The first-order valence-electron chi connectivity index (χ1n) is 16.1. The van der Waals surface area contributed by atoms with E-state index in [2.05, 4.69) is 79.4 Å². The number of methoxy groups -OCH3 is 2. The maximum atomic E-state index is 7.43. The van der Waals surface area contributed by atoms with E-state index in [4.69, 9.17) is 24.2 Å². The zero-order chi connectivity index (χ0) is 34.2. The Hall–Kier alpha value is -6.64. The summed E-state index contributed by atoms with van der Waals surface area (Å²) in [5.74, 6) is 2.36. The first kappa shape index (κ1) is 30.7. The Morgan fingerprint density at radius 2 is 1.16 bits per heavy atom. The van der Waals surface area contributed by atoms with Crippen molar-refractivity contribution in [3.8, 4) is 40.2 Å². The molecule has 0 bridgehead atoms. The Labute approximate surface area is 285 Å². The number of imidazole rings is 2. The van der Waals surface area contributed by atoms with Gasteiger partial charge >= 0.3 is 0 Å². The standard InChI is InChI=1S/C35H32N12O3/c1-5-25-31(36-29-17-27(48-3)23(19-46(25)29)32-38-42-43-39-32)35(21-13-9-7-10-14-21,22-15-11-8-12-16-22)50-34-26(6-2)47-20-24(33-40-44-45-41-33)28(49-4)18-30(47)37-34/h7-20H,5-6H2,1-4H3,(H,38,39,42,43)(H,40,41,44,45). The van der Waals surface area contributed by atoms with Gasteiger partial charge in [0.05, 0.1) is 36.7 Å². The van der Waals surface area contributed by atoms with Crippen molar-refractivity contribution in [2.45, 2.75) is 32.3 Å². The molecule has 50 heavy (non-hydrogen) atoms. The van der Waals surface area contributed by atoms with Crippen LogP contribution in [0.5, 0.6) is 17.4 Å². The number of nitrogens with zero attached hydrogens (tertiary/aromatic N) is 10. The zero-order valence-corrected chi connectivity index (χ0v) is 27.7. The van der Waals surface area contributed by atoms with E-state index in [1.54, 1.807) is 14.2 Å². The number of hydrogen-bond donors (Lipinski definition) is 2. The highest BCUT2D eigenvalue weighted by molar-refractivity contribution is 5.69. The molecule has 0 saturated carbocycles. The quantitative estimate of drug-likeness (QED) is 0.193. The Balaban J connectivity index is 1.42. The van der Waals surface area contributed by atoms with E-state index in [1.165, 1.54) is 0 Å². The van der Waals surface area contributed by atoms with E-state index >= 15 is 0 Å². The molecule has 2 aromatic carbocycles. The van der Waals surface area contributed by atoms with Crippen LogP contribution in [-0.4, -0.2) is 74.2 Å². The number of aromatic nitrogens is 12. The Morgan fingerprint density at radius 1 is 0.660 bits per heavy atom. The fourth-order valence-corrected chi connectivity index (χ4v) is 6.56. The molecular weight excluding hydrogens is 636 g/mol. The third-order valence-corrected chi connectivity index (χ3v) is 8.83. The average Bonchev–Trinajstić information content (AvgIpc) is 4.00. The molecule has 0 atom stereocenters. The van der Waals surface area contributed by atoms with Gasteiger partial charge in [-0.2, -0.15) is 15.4 Å². The molecule has 0 saturated heterocycles. The van der Waals surface area contributed by atoms with Gasteiger partial charge in [-0.3, -0.25) is 4.40 Å². The topological polar surface area (TPSA) is 171 Å². The molecule has 0 aliphatic heterocycles. The van der Waals surface area contributed by atoms with Crippen LogP contribution in [0.4, 0.5) is 0 Å². The number of aryl methyl sites for hydroxylation is 2. The Bertz CT molecular complexity index is 2370. The van der Waals surface area contributed by atoms with Gasteiger partial charge in [-0.1, -0.05) is 74.5 Å². The van der Waals surface area contributed by atoms with Gasteiger partial charge in [-0.25, -0.2) is 4.98 Å². The lowest BCUT2D eigenvalue weighted by molar-refractivity contribution is 0.141. The molecular formula is C35H32N12O3. The summed E-state index contributed by atoms with van der Waals surface area (Å²) in [6.45, 7) is 4.16. The smallest absolute Gasteiger partial charge is 0.237 e. The fraction of sp³-hybridized carbons (Fsp3) is 0.200. The van der Waals surface area contributed by atoms with Gasteiger partial charge in [-0.05, 0) is 23.3 Å². The number of tetrazole rings is 2. The molecule has 0 spiro atoms. The number of pyridine rings is 2. The lowest BCUT2D eigenvalue weighted by Gasteiger charge is -2.34. The molecule has 6 aromatic heterocycles. The van der Waals surface area contributed by atoms with Crippen molar-refractivity contribution in [2.75, 3.05) is 14.2 Å². The first-order valence-corrected chi connectivity index (χ1v) is 16.1. The predicted molar refractivity (Wildman–Crippen MR) is 182 cm³/mol. The van der Waals surface area contributed by atoms with Gasteiger partial charge in [0.15, 0.2) is 0 Å². The second kappa shape index (κ2) is 12.4. The molecule has 15 nitrogen and oxygen atoms in total. The van der Waals surface area contributed by atoms with Gasteiger partial charge in [0.1, 0.15) is 28.5 Å². The van der Waals surface area contributed by atoms with Crippen LogP contribution in [0.1, 0.15) is 42.1 Å². The average molecular weight is 669 g/mol. The van der Waals surface area contributed by atoms with Crippen LogP contribution in [0.25, 0.3) is 34.1 Å². The molecule has 8 rings (SSSR count). The predicted octanol–water partition coefficient (Wildman–Crippen LogP) is 4.86. The number of rotatable bonds is 11. The normalized spacial score (nSPS) is 11.8. The lowest BCUT2D eigenvalue weighted by atomic mass is 9.82. The van der Waals surface area contributed by atoms with Crippen molar-refractivity contribution in [1.29, 1.82) is 0 Å². The monoisotopic (exact) mass is 668 g/mol. The van der Waals surface area contributed by atoms with E-state index in [-0.39, 0.29) is 0 Å². The van der Waals surface area contributed by atoms with E-state index in [0.29, 0.717) is 70.0 Å². The second-order valence-electron chi connectivity index (χ2n) is 11.4. The van der Waals surface area contributed by atoms with Gasteiger partial charge < -0.3 is 18.6 Å². The van der Waals surface area contributed by atoms with Gasteiger partial charge in [0, 0.05) is 35.7 Å². The molecule has 8 aromatic rings. The summed E-state index contributed by atoms with van der Waals surface area (Å²) in [6.07, 6.45) is 5.06. The molecule has 0 radical (unpaired) electrons. The summed E-state index contributed by atoms with van der Waals surface area (Å²) < 4.78 is 23.0. The molecule has 15 heteroatoms. The van der Waals surface area contributed by atoms with Crippen LogP contribution in [0, 0.1) is 0 Å². The molecule has 0 aliphatic carbocycles. The number of benzene rings is 2. The van der Waals surface area contributed by atoms with E-state index in [0.717, 1.165) is 22.5 Å². The maximum absolute atomic E-state index is 7.43. The Morgan fingerprint density at radius 3 is 1.62 bits per heavy atom. The number of fused-ring (bicyclic) bond motifs is 2. The van der Waals surface area contributed by atoms with Crippen LogP contribution in [0.15, 0.2) is 85.2 Å². The van der Waals surface area contributed by atoms with E-state index in [1.807, 2.05) is 69.7 Å². The SMILES string of the molecule is CCc1c(OC(c2ccccc2)(c2ccccc2)c2nc3cc(OC)c(-c4nn[nH]n4)cn3c2CC)nc2cc(OC)c(-c3nn[nH]n3)cn12. The Kier molecular flexibility index (Phi) is 7.63. The van der Waals surface area contributed by atoms with Crippen LogP contribution < -0.4 is 14.2 Å². The van der Waals surface area contributed by atoms with Crippen LogP contribution in [0.2, 0.25) is 0 Å². The molecule has 250 valence electrons. The van der Waals surface area contributed by atoms with E-state index < -0.39 is 5.60 Å². The minimum absolute atomic E-state index is 0.401. The van der Waals surface area contributed by atoms with Gasteiger partial charge in [-0.15, -0.1) is 20.4 Å². The fourth-order valence-electron chi connectivity index (χ4n) is 6.56. The van der Waals surface area contributed by atoms with Crippen molar-refractivity contribution < 1.29 is 14.2 Å². The van der Waals surface area contributed by atoms with Crippen molar-refractivity contribution in [1.82, 2.24) is 60.0 Å². The number of hydrogen-bond acceptors (Lipinski definition) is 11. The summed E-state index contributed by atoms with van der Waals surface area (Å²) in [7, 11) is 3.21. The summed E-state index contributed by atoms with van der Waals surface area (Å²) >= 11 is 0. The summed E-state index contributed by atoms with van der Waals surface area (Å²) in [5.41, 5.74) is 5.59. The number of ether oxygens (including phenoxy) is 3. The van der Waals surface area contributed by atoms with Crippen molar-refractivity contribution in [3.05, 3.63) is 113 Å². The molecule has 0 unspecified atom stereocenters. The van der Waals surface area contributed by atoms with Crippen molar-refractivity contribution in [2.24, 2.45) is 0 Å². The van der Waals surface area contributed by atoms with Gasteiger partial charge in [0.25, 0.3) is 0 Å². The minimum Gasteiger partial charge on any atom is -0.496 e. The largest absolute Gasteiger partial charge is 0.496 e. The molecule has 2 N–H and O–H groups in total. The van der Waals surface area contributed by atoms with Crippen molar-refractivity contribution in [3.63, 3.8) is 0 Å². The summed E-state index contributed by atoms with van der Waals surface area (Å²) in [5, 5.41) is 29.4. The van der Waals surface area contributed by atoms with Crippen LogP contribution >= 0.6 is 0 Å². The second-order valence-corrected chi connectivity index (χ2v) is 11.4. The van der Waals surface area contributed by atoms with Crippen LogP contribution in [0.3, 0.4) is 0 Å². The number of nitrogens with one attached hydrogen (secondary N) is 2. The summed E-state index contributed by atoms with van der Waals surface area (Å²) in [6, 6.07) is 23.9. The third kappa shape index (κ3) is 4.81. The molecule has 0 fully saturated rings. The molecule has 0 amide bonds. The highest BCUT2D eigenvalue weighted by Crippen LogP contribution is 2.44. The van der Waals surface area contributed by atoms with Crippen molar-refractivity contribution >= 4 is 11.3 Å². The van der Waals surface area contributed by atoms with Crippen LogP contribution in [-0.2, 0) is 18.4 Å². The number of H-pyrrole nitrogens is 2. The lowest BCUT2D eigenvalue weighted by Crippen LogP contribution is -2.38. The third-order valence-electron chi connectivity index (χ3n) is 8.83. The molecule has 6 heterocycles. The summed E-state index contributed by atoms with van der Waals surface area (Å²) in [4.78, 5) is 10.4. The number of aromatic amines is 2. The van der Waals surface area contributed by atoms with E-state index in [9.17, 15) is 0 Å². The highest BCUT2D eigenvalue weighted by atomic mass is 16.5. The first-order chi connectivity index (χ1) is 24.6.